The molecule has 5 heteroatoms. The van der Waals surface area contributed by atoms with Gasteiger partial charge in [0.15, 0.2) is 5.13 Å². The van der Waals surface area contributed by atoms with Crippen LogP contribution < -0.4 is 10.6 Å². The Labute approximate surface area is 104 Å². The van der Waals surface area contributed by atoms with E-state index in [1.165, 1.54) is 23.5 Å². The molecule has 3 nitrogen and oxygen atoms in total. The molecular formula is C12H14FN3S. The Morgan fingerprint density at radius 1 is 1.47 bits per heavy atom. The number of hydrogen-bond donors (Lipinski definition) is 1. The first-order valence-electron chi connectivity index (χ1n) is 5.28. The highest BCUT2D eigenvalue weighted by atomic mass is 32.1. The van der Waals surface area contributed by atoms with Crippen LogP contribution in [-0.2, 0) is 0 Å². The molecule has 0 aliphatic rings. The number of anilines is 2. The number of rotatable bonds is 3. The van der Waals surface area contributed by atoms with E-state index in [1.807, 2.05) is 30.3 Å². The minimum atomic E-state index is -0.252. The van der Waals surface area contributed by atoms with Gasteiger partial charge in [0.05, 0.1) is 5.69 Å². The summed E-state index contributed by atoms with van der Waals surface area (Å²) in [5.74, 6) is -0.252. The normalized spacial score (nSPS) is 12.5. The van der Waals surface area contributed by atoms with Crippen LogP contribution in [0.2, 0.25) is 0 Å². The Balaban J connectivity index is 2.27. The lowest BCUT2D eigenvalue weighted by Gasteiger charge is -2.15. The van der Waals surface area contributed by atoms with Crippen molar-refractivity contribution >= 4 is 22.2 Å². The van der Waals surface area contributed by atoms with Gasteiger partial charge in [0.25, 0.3) is 0 Å². The molecule has 1 unspecified atom stereocenters. The summed E-state index contributed by atoms with van der Waals surface area (Å²) in [5, 5.41) is 2.73. The van der Waals surface area contributed by atoms with Crippen molar-refractivity contribution in [3.05, 3.63) is 41.2 Å². The van der Waals surface area contributed by atoms with E-state index < -0.39 is 0 Å². The maximum atomic E-state index is 13.1. The predicted molar refractivity (Wildman–Crippen MR) is 69.2 cm³/mol. The standard InChI is InChI=1S/C12H14FN3S/c1-8(14)11-7-17-12(15-11)16(2)10-5-3-4-9(13)6-10/h3-8H,14H2,1-2H3. The topological polar surface area (TPSA) is 42.1 Å². The second kappa shape index (κ2) is 4.81. The number of thiazole rings is 1. The first-order valence-corrected chi connectivity index (χ1v) is 6.16. The molecule has 0 spiro atoms. The van der Waals surface area contributed by atoms with Gasteiger partial charge in [-0.05, 0) is 25.1 Å². The van der Waals surface area contributed by atoms with Gasteiger partial charge >= 0.3 is 0 Å². The van der Waals surface area contributed by atoms with E-state index in [4.69, 9.17) is 5.73 Å². The van der Waals surface area contributed by atoms with Crippen molar-refractivity contribution in [3.63, 3.8) is 0 Å². The molecule has 2 N–H and O–H groups in total. The van der Waals surface area contributed by atoms with Gasteiger partial charge in [0, 0.05) is 24.2 Å². The number of halogens is 1. The van der Waals surface area contributed by atoms with E-state index in [0.29, 0.717) is 0 Å². The van der Waals surface area contributed by atoms with Gasteiger partial charge in [-0.25, -0.2) is 9.37 Å². The molecule has 1 aromatic carbocycles. The lowest BCUT2D eigenvalue weighted by Crippen LogP contribution is -2.10. The van der Waals surface area contributed by atoms with Crippen molar-refractivity contribution < 1.29 is 4.39 Å². The minimum absolute atomic E-state index is 0.0825. The van der Waals surface area contributed by atoms with Crippen molar-refractivity contribution in [1.82, 2.24) is 4.98 Å². The first kappa shape index (κ1) is 12.0. The predicted octanol–water partition coefficient (Wildman–Crippen LogP) is 3.07. The number of nitrogens with zero attached hydrogens (tertiary/aromatic N) is 2. The zero-order chi connectivity index (χ0) is 12.4. The monoisotopic (exact) mass is 251 g/mol. The summed E-state index contributed by atoms with van der Waals surface area (Å²) in [7, 11) is 1.86. The molecule has 1 aromatic heterocycles. The van der Waals surface area contributed by atoms with Gasteiger partial charge < -0.3 is 10.6 Å². The average molecular weight is 251 g/mol. The van der Waals surface area contributed by atoms with E-state index in [9.17, 15) is 4.39 Å². The van der Waals surface area contributed by atoms with Gasteiger partial charge in [-0.15, -0.1) is 11.3 Å². The second-order valence-electron chi connectivity index (χ2n) is 3.88. The highest BCUT2D eigenvalue weighted by Gasteiger charge is 2.11. The Bertz CT molecular complexity index is 510. The molecule has 0 radical (unpaired) electrons. The van der Waals surface area contributed by atoms with Crippen LogP contribution in [0.25, 0.3) is 0 Å². The summed E-state index contributed by atoms with van der Waals surface area (Å²) in [6, 6.07) is 6.34. The van der Waals surface area contributed by atoms with Crippen LogP contribution in [0, 0.1) is 5.82 Å². The zero-order valence-electron chi connectivity index (χ0n) is 9.72. The third-order valence-corrected chi connectivity index (χ3v) is 3.39. The Kier molecular flexibility index (Phi) is 3.40. The van der Waals surface area contributed by atoms with Crippen molar-refractivity contribution in [3.8, 4) is 0 Å². The van der Waals surface area contributed by atoms with Crippen LogP contribution in [0.5, 0.6) is 0 Å². The fourth-order valence-corrected chi connectivity index (χ4v) is 2.35. The third kappa shape index (κ3) is 2.62. The summed E-state index contributed by atoms with van der Waals surface area (Å²) >= 11 is 1.50. The van der Waals surface area contributed by atoms with Crippen molar-refractivity contribution in [2.45, 2.75) is 13.0 Å². The second-order valence-corrected chi connectivity index (χ2v) is 4.72. The fraction of sp³-hybridized carbons (Fsp3) is 0.250. The molecule has 1 atom stereocenters. The van der Waals surface area contributed by atoms with E-state index >= 15 is 0 Å². The largest absolute Gasteiger partial charge is 0.323 e. The van der Waals surface area contributed by atoms with Crippen LogP contribution in [0.4, 0.5) is 15.2 Å². The average Bonchev–Trinajstić information content (AvgIpc) is 2.77. The Morgan fingerprint density at radius 2 is 2.24 bits per heavy atom. The number of hydrogen-bond acceptors (Lipinski definition) is 4. The third-order valence-electron chi connectivity index (χ3n) is 2.46. The summed E-state index contributed by atoms with van der Waals surface area (Å²) in [6.45, 7) is 1.89. The molecule has 17 heavy (non-hydrogen) atoms. The zero-order valence-corrected chi connectivity index (χ0v) is 10.5. The molecule has 2 rings (SSSR count). The number of nitrogens with two attached hydrogens (primary N) is 1. The first-order chi connectivity index (χ1) is 8.08. The maximum Gasteiger partial charge on any atom is 0.189 e. The van der Waals surface area contributed by atoms with Crippen LogP contribution in [0.15, 0.2) is 29.6 Å². The smallest absolute Gasteiger partial charge is 0.189 e. The molecular weight excluding hydrogens is 237 g/mol. The van der Waals surface area contributed by atoms with E-state index in [1.54, 1.807) is 6.07 Å². The molecule has 2 aromatic rings. The van der Waals surface area contributed by atoms with Gasteiger partial charge in [0.2, 0.25) is 0 Å². The Morgan fingerprint density at radius 3 is 2.82 bits per heavy atom. The van der Waals surface area contributed by atoms with Crippen LogP contribution in [0.3, 0.4) is 0 Å². The number of aromatic nitrogens is 1. The molecule has 0 saturated heterocycles. The van der Waals surface area contributed by atoms with Gasteiger partial charge in [0.1, 0.15) is 5.82 Å². The molecule has 0 amide bonds. The van der Waals surface area contributed by atoms with Gasteiger partial charge in [-0.2, -0.15) is 0 Å². The number of benzene rings is 1. The van der Waals surface area contributed by atoms with Crippen molar-refractivity contribution in [2.24, 2.45) is 5.73 Å². The minimum Gasteiger partial charge on any atom is -0.323 e. The molecule has 0 fully saturated rings. The van der Waals surface area contributed by atoms with E-state index in [-0.39, 0.29) is 11.9 Å². The van der Waals surface area contributed by atoms with E-state index in [2.05, 4.69) is 4.98 Å². The van der Waals surface area contributed by atoms with Gasteiger partial charge in [-0.3, -0.25) is 0 Å². The molecule has 0 bridgehead atoms. The van der Waals surface area contributed by atoms with Crippen molar-refractivity contribution in [1.29, 1.82) is 0 Å². The summed E-state index contributed by atoms with van der Waals surface area (Å²) < 4.78 is 13.1. The molecule has 1 heterocycles. The van der Waals surface area contributed by atoms with Crippen LogP contribution >= 0.6 is 11.3 Å². The quantitative estimate of drug-likeness (QED) is 0.911. The van der Waals surface area contributed by atoms with E-state index in [0.717, 1.165) is 16.5 Å². The SMILES string of the molecule is CC(N)c1csc(N(C)c2cccc(F)c2)n1. The van der Waals surface area contributed by atoms with Crippen molar-refractivity contribution in [2.75, 3.05) is 11.9 Å². The highest BCUT2D eigenvalue weighted by molar-refractivity contribution is 7.13. The summed E-state index contributed by atoms with van der Waals surface area (Å²) in [4.78, 5) is 6.26. The molecule has 0 aliphatic heterocycles. The Hall–Kier alpha value is -1.46. The van der Waals surface area contributed by atoms with Crippen LogP contribution in [-0.4, -0.2) is 12.0 Å². The summed E-state index contributed by atoms with van der Waals surface area (Å²) in [5.41, 5.74) is 7.38. The maximum absolute atomic E-state index is 13.1. The van der Waals surface area contributed by atoms with Gasteiger partial charge in [-0.1, -0.05) is 6.07 Å². The fourth-order valence-electron chi connectivity index (χ4n) is 1.43. The molecule has 0 saturated carbocycles. The van der Waals surface area contributed by atoms with Crippen LogP contribution in [0.1, 0.15) is 18.7 Å². The lowest BCUT2D eigenvalue weighted by molar-refractivity contribution is 0.628. The molecule has 0 aliphatic carbocycles. The highest BCUT2D eigenvalue weighted by Crippen LogP contribution is 2.28. The summed E-state index contributed by atoms with van der Waals surface area (Å²) in [6.07, 6.45) is 0. The lowest BCUT2D eigenvalue weighted by atomic mass is 10.3. The molecule has 90 valence electrons.